The summed E-state index contributed by atoms with van der Waals surface area (Å²) in [5.41, 5.74) is 1.21. The van der Waals surface area contributed by atoms with Gasteiger partial charge >= 0.3 is 6.09 Å². The highest BCUT2D eigenvalue weighted by atomic mass is 32.2. The van der Waals surface area contributed by atoms with Crippen molar-refractivity contribution in [1.82, 2.24) is 15.3 Å². The molecule has 2 aromatic rings. The lowest BCUT2D eigenvalue weighted by atomic mass is 9.48. The molecule has 4 fully saturated rings. The molecule has 4 saturated carbocycles. The van der Waals surface area contributed by atoms with Crippen LogP contribution in [-0.4, -0.2) is 43.3 Å². The number of carbonyl (C=O) groups is 1. The van der Waals surface area contributed by atoms with E-state index in [1.807, 2.05) is 36.4 Å². The lowest BCUT2D eigenvalue weighted by molar-refractivity contribution is -0.0683. The summed E-state index contributed by atoms with van der Waals surface area (Å²) in [6, 6.07) is 11.8. The molecular weight excluding hydrogens is 466 g/mol. The van der Waals surface area contributed by atoms with Gasteiger partial charge in [0.1, 0.15) is 24.1 Å². The molecule has 1 heterocycles. The first-order valence-electron chi connectivity index (χ1n) is 11.9. The monoisotopic (exact) mass is 495 g/mol. The molecule has 1 aromatic heterocycles. The second-order valence-corrected chi connectivity index (χ2v) is 12.3. The number of ether oxygens (including phenoxy) is 1. The van der Waals surface area contributed by atoms with E-state index < -0.39 is 9.84 Å². The molecule has 4 bridgehead atoms. The van der Waals surface area contributed by atoms with Gasteiger partial charge in [-0.05, 0) is 60.8 Å². The number of benzene rings is 1. The van der Waals surface area contributed by atoms with E-state index in [4.69, 9.17) is 4.74 Å². The molecule has 4 aliphatic rings. The number of nitrogens with one attached hydrogen (secondary N) is 2. The third-order valence-electron chi connectivity index (χ3n) is 7.75. The number of nitrogens with zero attached hydrogens (tertiary/aromatic N) is 3. The minimum Gasteiger partial charge on any atom is -0.445 e. The summed E-state index contributed by atoms with van der Waals surface area (Å²) in [4.78, 5) is 20.5. The molecule has 0 aliphatic heterocycles. The van der Waals surface area contributed by atoms with Gasteiger partial charge in [0.05, 0.1) is 6.20 Å². The summed E-state index contributed by atoms with van der Waals surface area (Å²) >= 11 is 0. The van der Waals surface area contributed by atoms with Crippen molar-refractivity contribution in [2.24, 2.45) is 23.2 Å². The van der Waals surface area contributed by atoms with Crippen LogP contribution in [0.15, 0.2) is 41.7 Å². The maximum Gasteiger partial charge on any atom is 0.407 e. The molecular formula is C25H29N5O4S. The quantitative estimate of drug-likeness (QED) is 0.559. The van der Waals surface area contributed by atoms with Crippen molar-refractivity contribution >= 4 is 21.7 Å². The predicted molar refractivity (Wildman–Crippen MR) is 128 cm³/mol. The van der Waals surface area contributed by atoms with Crippen LogP contribution in [0.3, 0.4) is 0 Å². The molecule has 1 aromatic carbocycles. The largest absolute Gasteiger partial charge is 0.445 e. The summed E-state index contributed by atoms with van der Waals surface area (Å²) in [7, 11) is -3.58. The summed E-state index contributed by atoms with van der Waals surface area (Å²) in [6.45, 7) is 0.859. The predicted octanol–water partition coefficient (Wildman–Crippen LogP) is 3.28. The molecule has 184 valence electrons. The van der Waals surface area contributed by atoms with E-state index in [0.717, 1.165) is 43.9 Å². The van der Waals surface area contributed by atoms with Crippen LogP contribution in [0.25, 0.3) is 0 Å². The Balaban J connectivity index is 1.24. The summed E-state index contributed by atoms with van der Waals surface area (Å²) < 4.78 is 29.2. The first-order chi connectivity index (χ1) is 16.7. The van der Waals surface area contributed by atoms with Crippen molar-refractivity contribution in [1.29, 1.82) is 5.26 Å². The van der Waals surface area contributed by atoms with Crippen molar-refractivity contribution in [3.63, 3.8) is 0 Å². The molecule has 0 saturated heterocycles. The van der Waals surface area contributed by atoms with Gasteiger partial charge in [-0.3, -0.25) is 0 Å². The number of hydrogen-bond donors (Lipinski definition) is 2. The molecule has 1 unspecified atom stereocenters. The Hall–Kier alpha value is -3.19. The average molecular weight is 496 g/mol. The number of anilines is 1. The van der Waals surface area contributed by atoms with E-state index in [-0.39, 0.29) is 40.7 Å². The molecule has 5 atom stereocenters. The fourth-order valence-electron chi connectivity index (χ4n) is 6.58. The highest BCUT2D eigenvalue weighted by Crippen LogP contribution is 2.60. The molecule has 4 aliphatic carbocycles. The molecule has 9 nitrogen and oxygen atoms in total. The third-order valence-corrected chi connectivity index (χ3v) is 8.61. The Morgan fingerprint density at radius 2 is 1.91 bits per heavy atom. The molecule has 10 heteroatoms. The van der Waals surface area contributed by atoms with Crippen LogP contribution in [0.2, 0.25) is 0 Å². The maximum atomic E-state index is 12.5. The van der Waals surface area contributed by atoms with Crippen molar-refractivity contribution in [2.75, 3.05) is 18.1 Å². The Morgan fingerprint density at radius 1 is 1.20 bits per heavy atom. The van der Waals surface area contributed by atoms with Gasteiger partial charge in [0.15, 0.2) is 0 Å². The molecule has 2 N–H and O–H groups in total. The Kier molecular flexibility index (Phi) is 6.13. The number of sulfone groups is 1. The van der Waals surface area contributed by atoms with Crippen LogP contribution in [0.1, 0.15) is 43.2 Å². The van der Waals surface area contributed by atoms with E-state index in [9.17, 15) is 18.5 Å². The third kappa shape index (κ3) is 4.96. The average Bonchev–Trinajstić information content (AvgIpc) is 2.83. The standard InChI is InChI=1S/C25H29N5O4S/c1-35(32,33)23-27-13-20(12-26)22(30-23)28-15-25-9-17-7-18(10-25)21(19(8-17)11-25)29-24(31)34-14-16-5-3-2-4-6-16/h2-6,13,17-19,21H,7-11,14-15H2,1H3,(H,29,31)(H,27,28,30)/t17?,18-,19+,21-,25-. The number of aromatic nitrogens is 2. The van der Waals surface area contributed by atoms with Crippen LogP contribution < -0.4 is 10.6 Å². The van der Waals surface area contributed by atoms with Gasteiger partial charge in [-0.2, -0.15) is 10.2 Å². The van der Waals surface area contributed by atoms with Crippen LogP contribution in [0.4, 0.5) is 10.6 Å². The van der Waals surface area contributed by atoms with E-state index in [2.05, 4.69) is 20.6 Å². The fourth-order valence-corrected chi connectivity index (χ4v) is 7.08. The van der Waals surface area contributed by atoms with E-state index >= 15 is 0 Å². The number of nitriles is 1. The smallest absolute Gasteiger partial charge is 0.407 e. The lowest BCUT2D eigenvalue weighted by Crippen LogP contribution is -2.60. The van der Waals surface area contributed by atoms with Crippen LogP contribution >= 0.6 is 0 Å². The summed E-state index contributed by atoms with van der Waals surface area (Å²) in [5, 5.41) is 15.6. The molecule has 6 rings (SSSR count). The second-order valence-electron chi connectivity index (χ2n) is 10.4. The van der Waals surface area contributed by atoms with Crippen LogP contribution in [0, 0.1) is 34.5 Å². The molecule has 35 heavy (non-hydrogen) atoms. The second kappa shape index (κ2) is 9.11. The zero-order valence-electron chi connectivity index (χ0n) is 19.6. The van der Waals surface area contributed by atoms with Gasteiger partial charge in [-0.15, -0.1) is 0 Å². The van der Waals surface area contributed by atoms with E-state index in [1.165, 1.54) is 6.20 Å². The van der Waals surface area contributed by atoms with Crippen molar-refractivity contribution in [2.45, 2.75) is 49.9 Å². The Bertz CT molecular complexity index is 1240. The first kappa shape index (κ1) is 23.5. The summed E-state index contributed by atoms with van der Waals surface area (Å²) in [5.74, 6) is 1.62. The topological polar surface area (TPSA) is 134 Å². The fraction of sp³-hybridized carbons (Fsp3) is 0.520. The minimum atomic E-state index is -3.58. The highest BCUT2D eigenvalue weighted by molar-refractivity contribution is 7.90. The molecule has 1 amide bonds. The Labute approximate surface area is 205 Å². The van der Waals surface area contributed by atoms with E-state index in [1.54, 1.807) is 0 Å². The minimum absolute atomic E-state index is 0.0333. The van der Waals surface area contributed by atoms with Gasteiger partial charge in [0.25, 0.3) is 0 Å². The number of alkyl carbamates (subject to hydrolysis) is 1. The Morgan fingerprint density at radius 3 is 2.57 bits per heavy atom. The van der Waals surface area contributed by atoms with Crippen molar-refractivity contribution in [3.8, 4) is 6.07 Å². The van der Waals surface area contributed by atoms with Crippen molar-refractivity contribution < 1.29 is 17.9 Å². The van der Waals surface area contributed by atoms with E-state index in [0.29, 0.717) is 24.3 Å². The number of hydrogen-bond acceptors (Lipinski definition) is 8. The SMILES string of the molecule is CS(=O)(=O)c1ncc(C#N)c(NC[C@]23CC4C[C@H](C2)[C@@H](NC(=O)OCc2ccccc2)[C@@H](C4)C3)n1. The van der Waals surface area contributed by atoms with Crippen LogP contribution in [0.5, 0.6) is 0 Å². The van der Waals surface area contributed by atoms with Gasteiger partial charge in [0.2, 0.25) is 15.0 Å². The number of carbonyl (C=O) groups excluding carboxylic acids is 1. The zero-order chi connectivity index (χ0) is 24.6. The molecule has 0 spiro atoms. The number of rotatable bonds is 7. The zero-order valence-corrected chi connectivity index (χ0v) is 20.4. The van der Waals surface area contributed by atoms with Crippen LogP contribution in [-0.2, 0) is 21.2 Å². The van der Waals surface area contributed by atoms with Gasteiger partial charge in [-0.1, -0.05) is 30.3 Å². The lowest BCUT2D eigenvalue weighted by Gasteiger charge is -2.60. The van der Waals surface area contributed by atoms with Gasteiger partial charge in [0, 0.05) is 18.8 Å². The van der Waals surface area contributed by atoms with Gasteiger partial charge in [-0.25, -0.2) is 18.2 Å². The first-order valence-corrected chi connectivity index (χ1v) is 13.8. The highest BCUT2D eigenvalue weighted by Gasteiger charge is 2.55. The normalized spacial score (nSPS) is 28.8. The number of amides is 1. The summed E-state index contributed by atoms with van der Waals surface area (Å²) in [6.07, 6.45) is 7.14. The van der Waals surface area contributed by atoms with Crippen molar-refractivity contribution in [3.05, 3.63) is 47.7 Å². The molecule has 0 radical (unpaired) electrons. The maximum absolute atomic E-state index is 12.5. The van der Waals surface area contributed by atoms with Gasteiger partial charge < -0.3 is 15.4 Å².